The Hall–Kier alpha value is -1.93. The van der Waals surface area contributed by atoms with Gasteiger partial charge in [-0.1, -0.05) is 49.2 Å². The lowest BCUT2D eigenvalue weighted by Gasteiger charge is -2.27. The monoisotopic (exact) mass is 516 g/mol. The molecule has 3 rings (SSSR count). The van der Waals surface area contributed by atoms with Gasteiger partial charge >= 0.3 is 0 Å². The largest absolute Gasteiger partial charge is 0.489 e. The normalized spacial score (nSPS) is 12.1. The minimum Gasteiger partial charge on any atom is -0.489 e. The fraction of sp³-hybridized carbons (Fsp3) is 0.318. The van der Waals surface area contributed by atoms with E-state index in [-0.39, 0.29) is 22.7 Å². The second-order valence-corrected chi connectivity index (χ2v) is 10.8. The van der Waals surface area contributed by atoms with Crippen molar-refractivity contribution in [3.63, 3.8) is 0 Å². The molecular formula is C22H23Cl3N2O4S. The summed E-state index contributed by atoms with van der Waals surface area (Å²) in [5.41, 5.74) is 2.40. The Morgan fingerprint density at radius 1 is 1.09 bits per heavy atom. The van der Waals surface area contributed by atoms with Gasteiger partial charge in [-0.05, 0) is 35.4 Å². The van der Waals surface area contributed by atoms with Crippen molar-refractivity contribution >= 4 is 50.3 Å². The summed E-state index contributed by atoms with van der Waals surface area (Å²) in [6, 6.07) is 11.5. The molecule has 3 aromatic rings. The minimum atomic E-state index is -3.45. The van der Waals surface area contributed by atoms with Crippen LogP contribution in [-0.4, -0.2) is 32.1 Å². The summed E-state index contributed by atoms with van der Waals surface area (Å²) in [6.07, 6.45) is 2.22. The number of hydrogen-bond acceptors (Lipinski definition) is 6. The quantitative estimate of drug-likeness (QED) is 0.354. The Labute approximate surface area is 202 Å². The molecule has 0 aliphatic carbocycles. The number of nitrogens with zero attached hydrogens (tertiary/aromatic N) is 1. The van der Waals surface area contributed by atoms with Crippen molar-refractivity contribution in [3.8, 4) is 5.75 Å². The Bertz CT molecular complexity index is 1170. The van der Waals surface area contributed by atoms with Crippen molar-refractivity contribution in [1.29, 1.82) is 0 Å². The van der Waals surface area contributed by atoms with Crippen LogP contribution in [0.3, 0.4) is 0 Å². The molecule has 6 nitrogen and oxygen atoms in total. The van der Waals surface area contributed by atoms with Crippen LogP contribution in [0.25, 0.3) is 0 Å². The van der Waals surface area contributed by atoms with Crippen LogP contribution in [-0.2, 0) is 21.8 Å². The highest BCUT2D eigenvalue weighted by Gasteiger charge is 2.26. The number of alkyl halides is 1. The third-order valence-corrected chi connectivity index (χ3v) is 6.81. The molecule has 0 unspecified atom stereocenters. The zero-order chi connectivity index (χ0) is 23.5. The first kappa shape index (κ1) is 24.7. The third kappa shape index (κ3) is 5.52. The van der Waals surface area contributed by atoms with E-state index in [4.69, 9.17) is 44.0 Å². The van der Waals surface area contributed by atoms with Crippen molar-refractivity contribution in [2.24, 2.45) is 0 Å². The summed E-state index contributed by atoms with van der Waals surface area (Å²) in [5, 5.41) is 3.95. The van der Waals surface area contributed by atoms with E-state index in [9.17, 15) is 8.42 Å². The summed E-state index contributed by atoms with van der Waals surface area (Å²) in [5.74, 6) is 1.03. The average Bonchev–Trinajstić information content (AvgIpc) is 3.21. The molecule has 1 heterocycles. The number of hydrogen-bond donors (Lipinski definition) is 1. The Morgan fingerprint density at radius 3 is 2.28 bits per heavy atom. The van der Waals surface area contributed by atoms with Crippen molar-refractivity contribution in [3.05, 3.63) is 69.7 Å². The molecular weight excluding hydrogens is 495 g/mol. The highest BCUT2D eigenvalue weighted by molar-refractivity contribution is 7.90. The van der Waals surface area contributed by atoms with Crippen molar-refractivity contribution in [2.45, 2.75) is 30.8 Å². The fourth-order valence-corrected chi connectivity index (χ4v) is 4.67. The summed E-state index contributed by atoms with van der Waals surface area (Å²) in [6.45, 7) is 4.66. The van der Waals surface area contributed by atoms with Gasteiger partial charge in [0.05, 0.1) is 22.5 Å². The topological polar surface area (TPSA) is 81.4 Å². The van der Waals surface area contributed by atoms with Crippen LogP contribution in [0.2, 0.25) is 10.0 Å². The van der Waals surface area contributed by atoms with E-state index in [0.29, 0.717) is 28.3 Å². The second-order valence-electron chi connectivity index (χ2n) is 7.72. The molecule has 0 amide bonds. The average molecular weight is 518 g/mol. The van der Waals surface area contributed by atoms with Crippen molar-refractivity contribution < 1.29 is 17.6 Å². The van der Waals surface area contributed by atoms with E-state index >= 15 is 0 Å². The van der Waals surface area contributed by atoms with Crippen LogP contribution in [0.1, 0.15) is 30.7 Å². The van der Waals surface area contributed by atoms with Gasteiger partial charge in [0, 0.05) is 17.4 Å². The van der Waals surface area contributed by atoms with Gasteiger partial charge in [-0.2, -0.15) is 0 Å². The Kier molecular flexibility index (Phi) is 7.65. The number of anilines is 1. The van der Waals surface area contributed by atoms with E-state index in [1.165, 1.54) is 0 Å². The molecule has 0 aliphatic heterocycles. The van der Waals surface area contributed by atoms with Gasteiger partial charge in [0.2, 0.25) is 0 Å². The number of sulfone groups is 1. The Balaban J connectivity index is 1.77. The van der Waals surface area contributed by atoms with E-state index in [0.717, 1.165) is 29.5 Å². The molecule has 32 heavy (non-hydrogen) atoms. The number of nitrogens with one attached hydrogen (secondary N) is 1. The SMILES string of the molecule is CC(C)(c1ccc(NCc2ocnc2S(C)(=O)=O)cc1)c1cc(Cl)c(OCCCl)c(Cl)c1. The molecule has 0 saturated heterocycles. The van der Waals surface area contributed by atoms with Gasteiger partial charge in [-0.25, -0.2) is 13.4 Å². The molecule has 2 aromatic carbocycles. The zero-order valence-electron chi connectivity index (χ0n) is 17.8. The zero-order valence-corrected chi connectivity index (χ0v) is 20.9. The van der Waals surface area contributed by atoms with Crippen LogP contribution in [0.15, 0.2) is 52.2 Å². The first-order valence-corrected chi connectivity index (χ1v) is 12.9. The molecule has 0 fully saturated rings. The maximum Gasteiger partial charge on any atom is 0.198 e. The van der Waals surface area contributed by atoms with Crippen LogP contribution < -0.4 is 10.1 Å². The number of oxazole rings is 1. The molecule has 1 aromatic heterocycles. The van der Waals surface area contributed by atoms with Gasteiger partial charge in [0.25, 0.3) is 0 Å². The summed E-state index contributed by atoms with van der Waals surface area (Å²) < 4.78 is 34.3. The predicted octanol–water partition coefficient (Wildman–Crippen LogP) is 5.94. The molecule has 0 aliphatic rings. The highest BCUT2D eigenvalue weighted by atomic mass is 35.5. The summed E-state index contributed by atoms with van der Waals surface area (Å²) in [4.78, 5) is 3.78. The molecule has 10 heteroatoms. The first-order valence-electron chi connectivity index (χ1n) is 9.69. The number of benzene rings is 2. The Morgan fingerprint density at radius 2 is 1.72 bits per heavy atom. The first-order chi connectivity index (χ1) is 15.0. The van der Waals surface area contributed by atoms with E-state index in [1.54, 1.807) is 0 Å². The van der Waals surface area contributed by atoms with Crippen molar-refractivity contribution in [1.82, 2.24) is 4.98 Å². The molecule has 0 spiro atoms. The molecule has 0 radical (unpaired) electrons. The number of ether oxygens (including phenoxy) is 1. The van der Waals surface area contributed by atoms with E-state index in [2.05, 4.69) is 24.1 Å². The number of aromatic nitrogens is 1. The molecule has 1 N–H and O–H groups in total. The van der Waals surface area contributed by atoms with Gasteiger partial charge < -0.3 is 14.5 Å². The predicted molar refractivity (Wildman–Crippen MR) is 128 cm³/mol. The van der Waals surface area contributed by atoms with Gasteiger partial charge in [-0.15, -0.1) is 11.6 Å². The van der Waals surface area contributed by atoms with Gasteiger partial charge in [0.1, 0.15) is 6.61 Å². The summed E-state index contributed by atoms with van der Waals surface area (Å²) >= 11 is 18.5. The standard InChI is InChI=1S/C22H23Cl3N2O4S/c1-22(2,15-10-17(24)20(18(25)11-15)30-9-8-23)14-4-6-16(7-5-14)26-12-19-21(27-13-31-19)32(3,28)29/h4-7,10-11,13,26H,8-9,12H2,1-3H3. The maximum absolute atomic E-state index is 11.8. The molecule has 172 valence electrons. The van der Waals surface area contributed by atoms with Crippen LogP contribution in [0.5, 0.6) is 5.75 Å². The lowest BCUT2D eigenvalue weighted by Crippen LogP contribution is -2.19. The van der Waals surface area contributed by atoms with Gasteiger partial charge in [0.15, 0.2) is 32.8 Å². The van der Waals surface area contributed by atoms with Crippen LogP contribution in [0.4, 0.5) is 5.69 Å². The molecule has 0 saturated carbocycles. The molecule has 0 atom stereocenters. The van der Waals surface area contributed by atoms with E-state index in [1.807, 2.05) is 36.4 Å². The van der Waals surface area contributed by atoms with Crippen molar-refractivity contribution in [2.75, 3.05) is 24.1 Å². The minimum absolute atomic E-state index is 0.0602. The van der Waals surface area contributed by atoms with E-state index < -0.39 is 9.84 Å². The smallest absolute Gasteiger partial charge is 0.198 e. The second kappa shape index (κ2) is 9.91. The number of rotatable bonds is 9. The van der Waals surface area contributed by atoms with Crippen LogP contribution in [0, 0.1) is 0 Å². The van der Waals surface area contributed by atoms with Gasteiger partial charge in [-0.3, -0.25) is 0 Å². The lowest BCUT2D eigenvalue weighted by molar-refractivity contribution is 0.343. The maximum atomic E-state index is 11.8. The lowest BCUT2D eigenvalue weighted by atomic mass is 9.78. The molecule has 0 bridgehead atoms. The highest BCUT2D eigenvalue weighted by Crippen LogP contribution is 2.40. The third-order valence-electron chi connectivity index (χ3n) is 5.06. The summed E-state index contributed by atoms with van der Waals surface area (Å²) in [7, 11) is -3.45. The fourth-order valence-electron chi connectivity index (χ4n) is 3.23. The number of halogens is 3. The van der Waals surface area contributed by atoms with Crippen LogP contribution >= 0.6 is 34.8 Å².